The summed E-state index contributed by atoms with van der Waals surface area (Å²) in [5, 5.41) is 3.21. The van der Waals surface area contributed by atoms with Crippen LogP contribution in [0.5, 0.6) is 0 Å². The van der Waals surface area contributed by atoms with Gasteiger partial charge < -0.3 is 10.2 Å². The number of hydrogen-bond donors (Lipinski definition) is 1. The summed E-state index contributed by atoms with van der Waals surface area (Å²) in [4.78, 5) is 18.8. The molecule has 1 saturated heterocycles. The van der Waals surface area contributed by atoms with Crippen LogP contribution in [0.4, 0.5) is 19.0 Å². The number of amides is 1. The molecule has 1 N–H and O–H groups in total. The molecule has 0 aliphatic carbocycles. The van der Waals surface area contributed by atoms with Gasteiger partial charge in [-0.05, 0) is 42.9 Å². The van der Waals surface area contributed by atoms with Gasteiger partial charge in [-0.2, -0.15) is 13.2 Å². The zero-order valence-electron chi connectivity index (χ0n) is 17.3. The molecule has 7 heteroatoms. The van der Waals surface area contributed by atoms with Crippen LogP contribution in [0.3, 0.4) is 0 Å². The zero-order chi connectivity index (χ0) is 21.7. The van der Waals surface area contributed by atoms with Crippen LogP contribution in [0.1, 0.15) is 50.3 Å². The molecule has 4 nitrogen and oxygen atoms in total. The molecular weight excluding hydrogens is 391 g/mol. The van der Waals surface area contributed by atoms with Gasteiger partial charge in [0.05, 0.1) is 11.6 Å². The van der Waals surface area contributed by atoms with Gasteiger partial charge in [-0.3, -0.25) is 4.79 Å². The Hall–Kier alpha value is -2.57. The standard InChI is InChI=1S/C23H28F3N3O/c1-16(2)14-20(17-6-4-3-5-7-17)28-22(30)18-10-12-29(13-11-18)21-9-8-19(15-27-21)23(24,25)26/h3-9,15-16,18,20H,10-14H2,1-2H3,(H,28,30)/t20-/m0/s1. The molecule has 0 unspecified atom stereocenters. The van der Waals surface area contributed by atoms with Gasteiger partial charge in [-0.25, -0.2) is 4.98 Å². The van der Waals surface area contributed by atoms with E-state index in [-0.39, 0.29) is 17.9 Å². The highest BCUT2D eigenvalue weighted by molar-refractivity contribution is 5.79. The maximum Gasteiger partial charge on any atom is 0.417 e. The number of nitrogens with zero attached hydrogens (tertiary/aromatic N) is 2. The lowest BCUT2D eigenvalue weighted by Gasteiger charge is -2.33. The summed E-state index contributed by atoms with van der Waals surface area (Å²) >= 11 is 0. The van der Waals surface area contributed by atoms with Crippen LogP contribution in [0, 0.1) is 11.8 Å². The molecule has 1 amide bonds. The van der Waals surface area contributed by atoms with Gasteiger partial charge in [-0.1, -0.05) is 44.2 Å². The number of anilines is 1. The largest absolute Gasteiger partial charge is 0.417 e. The van der Waals surface area contributed by atoms with Crippen molar-refractivity contribution < 1.29 is 18.0 Å². The van der Waals surface area contributed by atoms with Crippen molar-refractivity contribution in [2.75, 3.05) is 18.0 Å². The molecule has 1 aliphatic rings. The fraction of sp³-hybridized carbons (Fsp3) is 0.478. The molecule has 1 fully saturated rings. The number of hydrogen-bond acceptors (Lipinski definition) is 3. The fourth-order valence-electron chi connectivity index (χ4n) is 3.84. The molecule has 1 aromatic heterocycles. The lowest BCUT2D eigenvalue weighted by atomic mass is 9.93. The molecule has 1 aliphatic heterocycles. The van der Waals surface area contributed by atoms with E-state index < -0.39 is 11.7 Å². The summed E-state index contributed by atoms with van der Waals surface area (Å²) in [7, 11) is 0. The first-order valence-corrected chi connectivity index (χ1v) is 10.4. The van der Waals surface area contributed by atoms with Crippen LogP contribution in [-0.4, -0.2) is 24.0 Å². The summed E-state index contributed by atoms with van der Waals surface area (Å²) in [6.07, 6.45) is -1.36. The van der Waals surface area contributed by atoms with E-state index in [4.69, 9.17) is 0 Å². The second-order valence-corrected chi connectivity index (χ2v) is 8.27. The third kappa shape index (κ3) is 5.74. The Morgan fingerprint density at radius 1 is 1.13 bits per heavy atom. The third-order valence-corrected chi connectivity index (χ3v) is 5.49. The zero-order valence-corrected chi connectivity index (χ0v) is 17.3. The van der Waals surface area contributed by atoms with Gasteiger partial charge >= 0.3 is 6.18 Å². The first-order valence-electron chi connectivity index (χ1n) is 10.4. The molecule has 30 heavy (non-hydrogen) atoms. The molecule has 0 bridgehead atoms. The second-order valence-electron chi connectivity index (χ2n) is 8.27. The number of carbonyl (C=O) groups is 1. The van der Waals surface area contributed by atoms with E-state index in [1.807, 2.05) is 35.2 Å². The quantitative estimate of drug-likeness (QED) is 0.698. The van der Waals surface area contributed by atoms with Gasteiger partial charge in [0.15, 0.2) is 0 Å². The SMILES string of the molecule is CC(C)C[C@H](NC(=O)C1CCN(c2ccc(C(F)(F)F)cn2)CC1)c1ccccc1. The van der Waals surface area contributed by atoms with E-state index in [0.717, 1.165) is 24.2 Å². The van der Waals surface area contributed by atoms with Crippen LogP contribution in [0.15, 0.2) is 48.7 Å². The Kier molecular flexibility index (Phi) is 7.00. The van der Waals surface area contributed by atoms with Gasteiger partial charge in [0.1, 0.15) is 5.82 Å². The topological polar surface area (TPSA) is 45.2 Å². The number of pyridine rings is 1. The highest BCUT2D eigenvalue weighted by atomic mass is 19.4. The second kappa shape index (κ2) is 9.49. The summed E-state index contributed by atoms with van der Waals surface area (Å²) in [5.74, 6) is 0.908. The number of piperidine rings is 1. The van der Waals surface area contributed by atoms with Crippen LogP contribution >= 0.6 is 0 Å². The minimum atomic E-state index is -4.39. The molecule has 0 radical (unpaired) electrons. The number of alkyl halides is 3. The van der Waals surface area contributed by atoms with Crippen molar-refractivity contribution in [1.82, 2.24) is 10.3 Å². The summed E-state index contributed by atoms with van der Waals surface area (Å²) in [5.41, 5.74) is 0.351. The number of halogens is 3. The number of carbonyl (C=O) groups excluding carboxylic acids is 1. The predicted octanol–water partition coefficient (Wildman–Crippen LogP) is 5.22. The van der Waals surface area contributed by atoms with Crippen molar-refractivity contribution in [3.05, 3.63) is 59.8 Å². The molecule has 0 saturated carbocycles. The summed E-state index contributed by atoms with van der Waals surface area (Å²) < 4.78 is 38.1. The minimum absolute atomic E-state index is 0.0201. The van der Waals surface area contributed by atoms with Crippen molar-refractivity contribution in [1.29, 1.82) is 0 Å². The maximum absolute atomic E-state index is 12.9. The average Bonchev–Trinajstić information content (AvgIpc) is 2.73. The van der Waals surface area contributed by atoms with Crippen LogP contribution in [-0.2, 0) is 11.0 Å². The maximum atomic E-state index is 12.9. The van der Waals surface area contributed by atoms with Crippen molar-refractivity contribution in [2.45, 2.75) is 45.3 Å². The van der Waals surface area contributed by atoms with Crippen LogP contribution in [0.25, 0.3) is 0 Å². The minimum Gasteiger partial charge on any atom is -0.357 e. The highest BCUT2D eigenvalue weighted by Gasteiger charge is 2.32. The third-order valence-electron chi connectivity index (χ3n) is 5.49. The Morgan fingerprint density at radius 3 is 2.33 bits per heavy atom. The average molecular weight is 419 g/mol. The Balaban J connectivity index is 1.58. The number of rotatable bonds is 6. The van der Waals surface area contributed by atoms with Gasteiger partial charge in [-0.15, -0.1) is 0 Å². The van der Waals surface area contributed by atoms with Gasteiger partial charge in [0, 0.05) is 25.2 Å². The molecule has 3 rings (SSSR count). The Labute approximate surface area is 175 Å². The lowest BCUT2D eigenvalue weighted by molar-refractivity contribution is -0.137. The van der Waals surface area contributed by atoms with Crippen LogP contribution in [0.2, 0.25) is 0 Å². The van der Waals surface area contributed by atoms with Crippen molar-refractivity contribution in [3.63, 3.8) is 0 Å². The highest BCUT2D eigenvalue weighted by Crippen LogP contribution is 2.30. The molecule has 1 aromatic carbocycles. The van der Waals surface area contributed by atoms with Crippen LogP contribution < -0.4 is 10.2 Å². The molecule has 162 valence electrons. The monoisotopic (exact) mass is 419 g/mol. The molecule has 2 aromatic rings. The first-order chi connectivity index (χ1) is 14.2. The Morgan fingerprint density at radius 2 is 1.80 bits per heavy atom. The van der Waals surface area contributed by atoms with Crippen molar-refractivity contribution in [2.24, 2.45) is 11.8 Å². The van der Waals surface area contributed by atoms with Crippen molar-refractivity contribution >= 4 is 11.7 Å². The summed E-state index contributed by atoms with van der Waals surface area (Å²) in [6.45, 7) is 5.46. The molecular formula is C23H28F3N3O. The van der Waals surface area contributed by atoms with E-state index in [1.54, 1.807) is 0 Å². The van der Waals surface area contributed by atoms with E-state index in [2.05, 4.69) is 24.1 Å². The van der Waals surface area contributed by atoms with E-state index in [9.17, 15) is 18.0 Å². The molecule has 0 spiro atoms. The fourth-order valence-corrected chi connectivity index (χ4v) is 3.84. The number of benzene rings is 1. The number of aromatic nitrogens is 1. The normalized spacial score (nSPS) is 16.5. The van der Waals surface area contributed by atoms with Gasteiger partial charge in [0.25, 0.3) is 0 Å². The summed E-state index contributed by atoms with van der Waals surface area (Å²) in [6, 6.07) is 12.4. The van der Waals surface area contributed by atoms with E-state index in [0.29, 0.717) is 37.7 Å². The molecule has 1 atom stereocenters. The molecule has 2 heterocycles. The Bertz CT molecular complexity index is 814. The van der Waals surface area contributed by atoms with Gasteiger partial charge in [0.2, 0.25) is 5.91 Å². The predicted molar refractivity (Wildman–Crippen MR) is 111 cm³/mol. The van der Waals surface area contributed by atoms with E-state index >= 15 is 0 Å². The first kappa shape index (κ1) is 22.1. The number of nitrogens with one attached hydrogen (secondary N) is 1. The van der Waals surface area contributed by atoms with Crippen molar-refractivity contribution in [3.8, 4) is 0 Å². The smallest absolute Gasteiger partial charge is 0.357 e. The lowest BCUT2D eigenvalue weighted by Crippen LogP contribution is -2.42. The van der Waals surface area contributed by atoms with E-state index in [1.165, 1.54) is 6.07 Å².